The normalized spacial score (nSPS) is 25.1. The monoisotopic (exact) mass is 211 g/mol. The fourth-order valence-corrected chi connectivity index (χ4v) is 1.70. The third kappa shape index (κ3) is 1.44. The van der Waals surface area contributed by atoms with Gasteiger partial charge in [0.2, 0.25) is 5.91 Å². The standard InChI is InChI=1S/C10H10ClNO2/c1-14-7-4-2-6(3-5-7)9-8(11)10(13)12-9/h2-5,8-9H,1H3,(H,12,13)/t8-,9+/m1/s1. The van der Waals surface area contributed by atoms with Crippen molar-refractivity contribution in [3.63, 3.8) is 0 Å². The highest BCUT2D eigenvalue weighted by molar-refractivity contribution is 6.33. The van der Waals surface area contributed by atoms with Crippen LogP contribution in [0.3, 0.4) is 0 Å². The van der Waals surface area contributed by atoms with Crippen LogP contribution in [0, 0.1) is 0 Å². The Balaban J connectivity index is 2.14. The second-order valence-electron chi connectivity index (χ2n) is 3.16. The second-order valence-corrected chi connectivity index (χ2v) is 3.63. The Bertz CT molecular complexity index is 350. The zero-order chi connectivity index (χ0) is 10.1. The van der Waals surface area contributed by atoms with Gasteiger partial charge in [-0.15, -0.1) is 11.6 Å². The zero-order valence-electron chi connectivity index (χ0n) is 7.66. The molecule has 1 aromatic carbocycles. The molecule has 0 saturated carbocycles. The summed E-state index contributed by atoms with van der Waals surface area (Å²) in [6, 6.07) is 7.44. The Morgan fingerprint density at radius 2 is 2.00 bits per heavy atom. The summed E-state index contributed by atoms with van der Waals surface area (Å²) in [6.45, 7) is 0. The van der Waals surface area contributed by atoms with Gasteiger partial charge >= 0.3 is 0 Å². The summed E-state index contributed by atoms with van der Waals surface area (Å²) >= 11 is 5.83. The molecule has 4 heteroatoms. The van der Waals surface area contributed by atoms with E-state index in [2.05, 4.69) is 5.32 Å². The molecule has 1 aromatic rings. The lowest BCUT2D eigenvalue weighted by Crippen LogP contribution is -2.52. The number of alkyl halides is 1. The number of benzene rings is 1. The minimum absolute atomic E-state index is 0.0601. The number of methoxy groups -OCH3 is 1. The van der Waals surface area contributed by atoms with Gasteiger partial charge in [-0.2, -0.15) is 0 Å². The van der Waals surface area contributed by atoms with Crippen LogP contribution >= 0.6 is 11.6 Å². The van der Waals surface area contributed by atoms with Crippen molar-refractivity contribution in [3.8, 4) is 5.75 Å². The third-order valence-electron chi connectivity index (χ3n) is 2.32. The van der Waals surface area contributed by atoms with Gasteiger partial charge in [-0.25, -0.2) is 0 Å². The summed E-state index contributed by atoms with van der Waals surface area (Å²) in [6.07, 6.45) is 0. The molecule has 1 aliphatic rings. The first-order chi connectivity index (χ1) is 6.72. The summed E-state index contributed by atoms with van der Waals surface area (Å²) in [4.78, 5) is 10.9. The predicted octanol–water partition coefficient (Wildman–Crippen LogP) is 1.47. The van der Waals surface area contributed by atoms with Crippen LogP contribution in [-0.4, -0.2) is 18.4 Å². The molecule has 0 aliphatic carbocycles. The van der Waals surface area contributed by atoms with Crippen molar-refractivity contribution in [3.05, 3.63) is 29.8 Å². The van der Waals surface area contributed by atoms with Crippen molar-refractivity contribution < 1.29 is 9.53 Å². The van der Waals surface area contributed by atoms with Crippen molar-refractivity contribution in [2.24, 2.45) is 0 Å². The molecule has 3 nitrogen and oxygen atoms in total. The van der Waals surface area contributed by atoms with Gasteiger partial charge in [0.25, 0.3) is 0 Å². The van der Waals surface area contributed by atoms with E-state index in [4.69, 9.17) is 16.3 Å². The molecular formula is C10H10ClNO2. The van der Waals surface area contributed by atoms with Gasteiger partial charge in [-0.05, 0) is 17.7 Å². The van der Waals surface area contributed by atoms with Gasteiger partial charge in [0.05, 0.1) is 13.2 Å². The van der Waals surface area contributed by atoms with E-state index in [0.717, 1.165) is 11.3 Å². The number of hydrogen-bond acceptors (Lipinski definition) is 2. The maximum absolute atomic E-state index is 10.9. The van der Waals surface area contributed by atoms with E-state index >= 15 is 0 Å². The molecule has 2 rings (SSSR count). The highest BCUT2D eigenvalue weighted by atomic mass is 35.5. The number of nitrogens with one attached hydrogen (secondary N) is 1. The van der Waals surface area contributed by atoms with Gasteiger partial charge in [0.1, 0.15) is 11.1 Å². The molecular weight excluding hydrogens is 202 g/mol. The molecule has 0 spiro atoms. The van der Waals surface area contributed by atoms with Crippen LogP contribution in [0.1, 0.15) is 11.6 Å². The van der Waals surface area contributed by atoms with Gasteiger partial charge in [-0.1, -0.05) is 12.1 Å². The number of hydrogen-bond donors (Lipinski definition) is 1. The van der Waals surface area contributed by atoms with Gasteiger partial charge in [-0.3, -0.25) is 4.79 Å². The van der Waals surface area contributed by atoms with Crippen molar-refractivity contribution in [2.45, 2.75) is 11.4 Å². The van der Waals surface area contributed by atoms with Crippen LogP contribution in [-0.2, 0) is 4.79 Å². The van der Waals surface area contributed by atoms with Gasteiger partial charge < -0.3 is 10.1 Å². The topological polar surface area (TPSA) is 38.3 Å². The SMILES string of the molecule is COc1ccc([C@@H]2NC(=O)[C@@H]2Cl)cc1. The Labute approximate surface area is 87.0 Å². The van der Waals surface area contributed by atoms with Crippen LogP contribution in [0.25, 0.3) is 0 Å². The van der Waals surface area contributed by atoms with Gasteiger partial charge in [0.15, 0.2) is 0 Å². The minimum Gasteiger partial charge on any atom is -0.497 e. The molecule has 0 radical (unpaired) electrons. The van der Waals surface area contributed by atoms with Crippen molar-refractivity contribution in [2.75, 3.05) is 7.11 Å². The molecule has 1 N–H and O–H groups in total. The molecule has 1 amide bonds. The summed E-state index contributed by atoms with van der Waals surface area (Å²) in [5, 5.41) is 2.29. The average molecular weight is 212 g/mol. The number of halogens is 1. The number of amides is 1. The molecule has 74 valence electrons. The van der Waals surface area contributed by atoms with E-state index in [0.29, 0.717) is 0 Å². The van der Waals surface area contributed by atoms with Crippen LogP contribution in [0.4, 0.5) is 0 Å². The maximum atomic E-state index is 10.9. The fraction of sp³-hybridized carbons (Fsp3) is 0.300. The Morgan fingerprint density at radius 1 is 1.36 bits per heavy atom. The summed E-state index contributed by atoms with van der Waals surface area (Å²) < 4.78 is 5.03. The van der Waals surface area contributed by atoms with Crippen LogP contribution in [0.5, 0.6) is 5.75 Å². The van der Waals surface area contributed by atoms with E-state index in [1.54, 1.807) is 7.11 Å². The van der Waals surface area contributed by atoms with Crippen molar-refractivity contribution in [1.29, 1.82) is 0 Å². The smallest absolute Gasteiger partial charge is 0.241 e. The molecule has 0 aromatic heterocycles. The van der Waals surface area contributed by atoms with E-state index in [1.165, 1.54) is 0 Å². The average Bonchev–Trinajstić information content (AvgIpc) is 2.25. The number of carbonyl (C=O) groups is 1. The molecule has 1 heterocycles. The summed E-state index contributed by atoms with van der Waals surface area (Å²) in [7, 11) is 1.62. The molecule has 0 unspecified atom stereocenters. The lowest BCUT2D eigenvalue weighted by Gasteiger charge is -2.32. The van der Waals surface area contributed by atoms with E-state index in [-0.39, 0.29) is 11.9 Å². The zero-order valence-corrected chi connectivity index (χ0v) is 8.41. The Morgan fingerprint density at radius 3 is 2.43 bits per heavy atom. The van der Waals surface area contributed by atoms with Crippen LogP contribution in [0.2, 0.25) is 0 Å². The molecule has 14 heavy (non-hydrogen) atoms. The van der Waals surface area contributed by atoms with Crippen LogP contribution < -0.4 is 10.1 Å². The first kappa shape index (κ1) is 9.34. The molecule has 1 saturated heterocycles. The van der Waals surface area contributed by atoms with E-state index in [9.17, 15) is 4.79 Å². The number of carbonyl (C=O) groups excluding carboxylic acids is 1. The molecule has 0 bridgehead atoms. The Hall–Kier alpha value is -1.22. The number of β-lactam (4-membered cyclic amide) rings is 1. The highest BCUT2D eigenvalue weighted by Crippen LogP contribution is 2.29. The van der Waals surface area contributed by atoms with Gasteiger partial charge in [0, 0.05) is 0 Å². The number of rotatable bonds is 2. The van der Waals surface area contributed by atoms with E-state index in [1.807, 2.05) is 24.3 Å². The lowest BCUT2D eigenvalue weighted by molar-refractivity contribution is -0.127. The molecule has 1 fully saturated rings. The largest absolute Gasteiger partial charge is 0.497 e. The first-order valence-corrected chi connectivity index (χ1v) is 4.74. The fourth-order valence-electron chi connectivity index (χ4n) is 1.42. The minimum atomic E-state index is -0.441. The quantitative estimate of drug-likeness (QED) is 0.595. The molecule has 1 aliphatic heterocycles. The second kappa shape index (κ2) is 3.50. The lowest BCUT2D eigenvalue weighted by atomic mass is 9.97. The van der Waals surface area contributed by atoms with Crippen molar-refractivity contribution in [1.82, 2.24) is 5.32 Å². The molecule has 2 atom stereocenters. The van der Waals surface area contributed by atoms with E-state index < -0.39 is 5.38 Å². The summed E-state index contributed by atoms with van der Waals surface area (Å²) in [5.74, 6) is 0.693. The highest BCUT2D eigenvalue weighted by Gasteiger charge is 2.38. The number of ether oxygens (including phenoxy) is 1. The maximum Gasteiger partial charge on any atom is 0.241 e. The third-order valence-corrected chi connectivity index (χ3v) is 2.77. The Kier molecular flexibility index (Phi) is 2.33. The van der Waals surface area contributed by atoms with Crippen LogP contribution in [0.15, 0.2) is 24.3 Å². The predicted molar refractivity (Wildman–Crippen MR) is 53.5 cm³/mol. The van der Waals surface area contributed by atoms with Crippen molar-refractivity contribution >= 4 is 17.5 Å². The first-order valence-electron chi connectivity index (χ1n) is 4.31. The summed E-state index contributed by atoms with van der Waals surface area (Å²) in [5.41, 5.74) is 1.01.